The maximum absolute atomic E-state index is 13.6. The van der Waals surface area contributed by atoms with Crippen molar-refractivity contribution in [2.75, 3.05) is 11.4 Å². The molecule has 0 aromatic heterocycles. The van der Waals surface area contributed by atoms with Gasteiger partial charge in [0.1, 0.15) is 5.82 Å². The minimum absolute atomic E-state index is 0.136. The van der Waals surface area contributed by atoms with E-state index in [9.17, 15) is 4.39 Å². The molecule has 1 aliphatic heterocycles. The Balaban J connectivity index is 2.31. The molecular formula is C13H19FN2. The molecule has 1 aliphatic rings. The Hall–Kier alpha value is -1.09. The van der Waals surface area contributed by atoms with Gasteiger partial charge in [-0.3, -0.25) is 0 Å². The van der Waals surface area contributed by atoms with E-state index in [0.717, 1.165) is 18.7 Å². The Morgan fingerprint density at radius 3 is 2.69 bits per heavy atom. The molecule has 0 radical (unpaired) electrons. The van der Waals surface area contributed by atoms with Crippen LogP contribution in [0.1, 0.15) is 32.3 Å². The van der Waals surface area contributed by atoms with Gasteiger partial charge in [-0.1, -0.05) is 6.07 Å². The molecule has 2 N–H and O–H groups in total. The third-order valence-corrected chi connectivity index (χ3v) is 3.47. The Morgan fingerprint density at radius 1 is 1.44 bits per heavy atom. The van der Waals surface area contributed by atoms with Crippen LogP contribution in [0.3, 0.4) is 0 Å². The highest BCUT2D eigenvalue weighted by molar-refractivity contribution is 5.51. The van der Waals surface area contributed by atoms with Crippen LogP contribution in [0.5, 0.6) is 0 Å². The van der Waals surface area contributed by atoms with Gasteiger partial charge in [0, 0.05) is 29.9 Å². The lowest BCUT2D eigenvalue weighted by atomic mass is 10.0. The number of nitrogens with two attached hydrogens (primary N) is 1. The maximum Gasteiger partial charge on any atom is 0.129 e. The zero-order chi connectivity index (χ0) is 11.8. The van der Waals surface area contributed by atoms with Crippen LogP contribution in [0.4, 0.5) is 10.1 Å². The summed E-state index contributed by atoms with van der Waals surface area (Å²) < 4.78 is 13.6. The number of hydrogen-bond acceptors (Lipinski definition) is 2. The van der Waals surface area contributed by atoms with Gasteiger partial charge < -0.3 is 10.6 Å². The van der Waals surface area contributed by atoms with Crippen LogP contribution in [0.25, 0.3) is 0 Å². The first kappa shape index (κ1) is 11.4. The summed E-state index contributed by atoms with van der Waals surface area (Å²) >= 11 is 0. The Bertz CT molecular complexity index is 388. The van der Waals surface area contributed by atoms with E-state index in [4.69, 9.17) is 5.73 Å². The number of nitrogens with zero attached hydrogens (tertiary/aromatic N) is 1. The van der Waals surface area contributed by atoms with E-state index in [2.05, 4.69) is 18.7 Å². The average molecular weight is 222 g/mol. The fourth-order valence-electron chi connectivity index (χ4n) is 2.46. The smallest absolute Gasteiger partial charge is 0.129 e. The molecule has 2 nitrogen and oxygen atoms in total. The third-order valence-electron chi connectivity index (χ3n) is 3.47. The van der Waals surface area contributed by atoms with Gasteiger partial charge in [-0.15, -0.1) is 0 Å². The van der Waals surface area contributed by atoms with Crippen molar-refractivity contribution in [3.8, 4) is 0 Å². The lowest BCUT2D eigenvalue weighted by Gasteiger charge is -2.33. The van der Waals surface area contributed by atoms with Gasteiger partial charge in [0.2, 0.25) is 0 Å². The second kappa shape index (κ2) is 4.06. The van der Waals surface area contributed by atoms with Crippen molar-refractivity contribution >= 4 is 5.69 Å². The molecule has 0 saturated carbocycles. The Kier molecular flexibility index (Phi) is 2.89. The molecule has 0 atom stereocenters. The second-order valence-electron chi connectivity index (χ2n) is 5.05. The minimum Gasteiger partial charge on any atom is -0.366 e. The van der Waals surface area contributed by atoms with Crippen LogP contribution in [0, 0.1) is 5.82 Å². The first-order valence-electron chi connectivity index (χ1n) is 5.81. The molecule has 1 heterocycles. The molecule has 16 heavy (non-hydrogen) atoms. The summed E-state index contributed by atoms with van der Waals surface area (Å²) in [7, 11) is 0. The lowest BCUT2D eigenvalue weighted by molar-refractivity contribution is 0.516. The van der Waals surface area contributed by atoms with Gasteiger partial charge in [0.15, 0.2) is 0 Å². The summed E-state index contributed by atoms with van der Waals surface area (Å²) in [5.74, 6) is -0.192. The molecule has 0 amide bonds. The van der Waals surface area contributed by atoms with Crippen molar-refractivity contribution in [1.29, 1.82) is 0 Å². The van der Waals surface area contributed by atoms with E-state index in [0.29, 0.717) is 5.56 Å². The standard InChI is InChI=1S/C13H19FN2/c1-13(2)6-3-7-16(13)11-5-4-10(9-15)12(14)8-11/h4-5,8H,3,6-7,9,15H2,1-2H3. The molecule has 1 aromatic rings. The van der Waals surface area contributed by atoms with E-state index < -0.39 is 0 Å². The third kappa shape index (κ3) is 1.92. The van der Waals surface area contributed by atoms with Crippen LogP contribution >= 0.6 is 0 Å². The molecular weight excluding hydrogens is 203 g/mol. The molecule has 2 rings (SSSR count). The van der Waals surface area contributed by atoms with Gasteiger partial charge in [-0.05, 0) is 38.8 Å². The number of halogens is 1. The monoisotopic (exact) mass is 222 g/mol. The van der Waals surface area contributed by atoms with Crippen molar-refractivity contribution in [2.45, 2.75) is 38.8 Å². The van der Waals surface area contributed by atoms with Gasteiger partial charge in [-0.2, -0.15) is 0 Å². The highest BCUT2D eigenvalue weighted by Gasteiger charge is 2.32. The van der Waals surface area contributed by atoms with Gasteiger partial charge >= 0.3 is 0 Å². The largest absolute Gasteiger partial charge is 0.366 e. The summed E-state index contributed by atoms with van der Waals surface area (Å²) in [6.45, 7) is 5.67. The van der Waals surface area contributed by atoms with Crippen molar-refractivity contribution < 1.29 is 4.39 Å². The van der Waals surface area contributed by atoms with Gasteiger partial charge in [0.25, 0.3) is 0 Å². The predicted molar refractivity (Wildman–Crippen MR) is 65.0 cm³/mol. The van der Waals surface area contributed by atoms with Crippen molar-refractivity contribution in [2.24, 2.45) is 5.73 Å². The Labute approximate surface area is 96.2 Å². The molecule has 3 heteroatoms. The molecule has 88 valence electrons. The molecule has 0 spiro atoms. The fraction of sp³-hybridized carbons (Fsp3) is 0.538. The molecule has 0 unspecified atom stereocenters. The van der Waals surface area contributed by atoms with E-state index in [1.54, 1.807) is 12.1 Å². The summed E-state index contributed by atoms with van der Waals surface area (Å²) in [6.07, 6.45) is 2.33. The second-order valence-corrected chi connectivity index (χ2v) is 5.05. The highest BCUT2D eigenvalue weighted by Crippen LogP contribution is 2.34. The van der Waals surface area contributed by atoms with E-state index >= 15 is 0 Å². The van der Waals surface area contributed by atoms with Crippen molar-refractivity contribution in [3.63, 3.8) is 0 Å². The zero-order valence-corrected chi connectivity index (χ0v) is 9.96. The van der Waals surface area contributed by atoms with Crippen LogP contribution < -0.4 is 10.6 Å². The van der Waals surface area contributed by atoms with Crippen molar-refractivity contribution in [1.82, 2.24) is 0 Å². The van der Waals surface area contributed by atoms with Crippen molar-refractivity contribution in [3.05, 3.63) is 29.6 Å². The van der Waals surface area contributed by atoms with E-state index in [1.165, 1.54) is 6.42 Å². The summed E-state index contributed by atoms with van der Waals surface area (Å²) in [5, 5.41) is 0. The predicted octanol–water partition coefficient (Wildman–Crippen LogP) is 2.66. The number of rotatable bonds is 2. The minimum atomic E-state index is -0.192. The quantitative estimate of drug-likeness (QED) is 0.833. The first-order chi connectivity index (χ1) is 7.54. The molecule has 1 fully saturated rings. The fourth-order valence-corrected chi connectivity index (χ4v) is 2.46. The average Bonchev–Trinajstić information content (AvgIpc) is 2.58. The Morgan fingerprint density at radius 2 is 2.19 bits per heavy atom. The first-order valence-corrected chi connectivity index (χ1v) is 5.81. The maximum atomic E-state index is 13.6. The summed E-state index contributed by atoms with van der Waals surface area (Å²) in [6, 6.07) is 5.37. The SMILES string of the molecule is CC1(C)CCCN1c1ccc(CN)c(F)c1. The lowest BCUT2D eigenvalue weighted by Crippen LogP contribution is -2.38. The highest BCUT2D eigenvalue weighted by atomic mass is 19.1. The molecule has 1 aromatic carbocycles. The zero-order valence-electron chi connectivity index (χ0n) is 9.96. The molecule has 0 bridgehead atoms. The number of hydrogen-bond donors (Lipinski definition) is 1. The van der Waals surface area contributed by atoms with Gasteiger partial charge in [0.05, 0.1) is 0 Å². The number of benzene rings is 1. The van der Waals surface area contributed by atoms with Crippen LogP contribution in [-0.2, 0) is 6.54 Å². The van der Waals surface area contributed by atoms with E-state index in [1.807, 2.05) is 6.07 Å². The number of anilines is 1. The molecule has 1 saturated heterocycles. The normalized spacial score (nSPS) is 19.1. The summed E-state index contributed by atoms with van der Waals surface area (Å²) in [4.78, 5) is 2.27. The van der Waals surface area contributed by atoms with Crippen LogP contribution in [0.15, 0.2) is 18.2 Å². The summed E-state index contributed by atoms with van der Waals surface area (Å²) in [5.41, 5.74) is 7.14. The van der Waals surface area contributed by atoms with Crippen LogP contribution in [0.2, 0.25) is 0 Å². The van der Waals surface area contributed by atoms with Crippen LogP contribution in [-0.4, -0.2) is 12.1 Å². The van der Waals surface area contributed by atoms with Gasteiger partial charge in [-0.25, -0.2) is 4.39 Å². The van der Waals surface area contributed by atoms with E-state index in [-0.39, 0.29) is 17.9 Å². The molecule has 0 aliphatic carbocycles. The topological polar surface area (TPSA) is 29.3 Å².